The van der Waals surface area contributed by atoms with E-state index in [1.165, 1.54) is 23.0 Å². The lowest BCUT2D eigenvalue weighted by Crippen LogP contribution is -2.21. The zero-order chi connectivity index (χ0) is 18.1. The first kappa shape index (κ1) is 17.2. The van der Waals surface area contributed by atoms with Crippen molar-refractivity contribution in [2.24, 2.45) is 0 Å². The number of hydrogen-bond acceptors (Lipinski definition) is 6. The van der Waals surface area contributed by atoms with Crippen LogP contribution in [0.4, 0.5) is 0 Å². The maximum Gasteiger partial charge on any atom is 0.340 e. The molecule has 0 aliphatic carbocycles. The summed E-state index contributed by atoms with van der Waals surface area (Å²) in [5.74, 6) is -1.20. The lowest BCUT2D eigenvalue weighted by Gasteiger charge is -2.08. The molecule has 0 spiro atoms. The summed E-state index contributed by atoms with van der Waals surface area (Å²) in [6.07, 6.45) is -0.577. The topological polar surface area (TPSA) is 74.6 Å². The summed E-state index contributed by atoms with van der Waals surface area (Å²) in [6, 6.07) is 7.39. The minimum Gasteiger partial charge on any atom is -0.465 e. The molecule has 3 rings (SSSR count). The van der Waals surface area contributed by atoms with Crippen LogP contribution in [0.25, 0.3) is 15.9 Å². The van der Waals surface area contributed by atoms with Gasteiger partial charge < -0.3 is 9.47 Å². The van der Waals surface area contributed by atoms with Gasteiger partial charge in [0.25, 0.3) is 5.56 Å². The number of rotatable bonds is 4. The molecule has 0 unspecified atom stereocenters. The van der Waals surface area contributed by atoms with Crippen LogP contribution in [-0.2, 0) is 20.7 Å². The highest BCUT2D eigenvalue weighted by molar-refractivity contribution is 7.16. The number of para-hydroxylation sites is 1. The van der Waals surface area contributed by atoms with Gasteiger partial charge in [0.15, 0.2) is 0 Å². The van der Waals surface area contributed by atoms with E-state index < -0.39 is 17.5 Å². The van der Waals surface area contributed by atoms with Gasteiger partial charge in [0.05, 0.1) is 41.1 Å². The minimum atomic E-state index is -0.644. The zero-order valence-electron chi connectivity index (χ0n) is 14.1. The summed E-state index contributed by atoms with van der Waals surface area (Å²) in [5, 5.41) is 1.73. The second kappa shape index (κ2) is 6.68. The van der Waals surface area contributed by atoms with Gasteiger partial charge in [-0.3, -0.25) is 14.2 Å². The fourth-order valence-corrected chi connectivity index (χ4v) is 3.67. The molecule has 0 radical (unpaired) electrons. The van der Waals surface area contributed by atoms with Crippen LogP contribution in [0.2, 0.25) is 0 Å². The highest BCUT2D eigenvalue weighted by atomic mass is 32.1. The van der Waals surface area contributed by atoms with Crippen molar-refractivity contribution in [1.29, 1.82) is 0 Å². The molecule has 1 aromatic carbocycles. The van der Waals surface area contributed by atoms with Gasteiger partial charge in [-0.1, -0.05) is 12.1 Å². The summed E-state index contributed by atoms with van der Waals surface area (Å²) < 4.78 is 12.3. The predicted octanol–water partition coefficient (Wildman–Crippen LogP) is 2.77. The van der Waals surface area contributed by atoms with Crippen molar-refractivity contribution >= 4 is 33.5 Å². The molecular formula is C18H17NO5S. The Morgan fingerprint density at radius 3 is 2.64 bits per heavy atom. The van der Waals surface area contributed by atoms with E-state index in [1.807, 2.05) is 18.2 Å². The van der Waals surface area contributed by atoms with Gasteiger partial charge in [0.1, 0.15) is 0 Å². The Kier molecular flexibility index (Phi) is 4.59. The van der Waals surface area contributed by atoms with E-state index in [0.29, 0.717) is 11.2 Å². The normalized spacial score (nSPS) is 11.2. The second-order valence-corrected chi connectivity index (χ2v) is 6.70. The Balaban J connectivity index is 2.26. The molecule has 6 nitrogen and oxygen atoms in total. The van der Waals surface area contributed by atoms with Crippen LogP contribution in [0, 0.1) is 0 Å². The molecule has 0 atom stereocenters. The molecule has 25 heavy (non-hydrogen) atoms. The Hall–Kier alpha value is -2.67. The van der Waals surface area contributed by atoms with Crippen LogP contribution < -0.4 is 5.56 Å². The third-order valence-corrected chi connectivity index (χ3v) is 4.68. The standard InChI is InChI=1S/C18H17NO5S/c1-10(2)24-15(20)8-11-16(18(22)23-3)13-9-25-14-7-5-4-6-12(14)19(13)17(11)21/h4-7,9-10H,8H2,1-3H3. The van der Waals surface area contributed by atoms with Crippen LogP contribution in [0.5, 0.6) is 0 Å². The van der Waals surface area contributed by atoms with E-state index in [2.05, 4.69) is 0 Å². The van der Waals surface area contributed by atoms with Crippen LogP contribution in [0.15, 0.2) is 34.4 Å². The van der Waals surface area contributed by atoms with Crippen LogP contribution >= 0.6 is 11.3 Å². The Morgan fingerprint density at radius 2 is 1.96 bits per heavy atom. The number of methoxy groups -OCH3 is 1. The molecule has 0 saturated carbocycles. The van der Waals surface area contributed by atoms with E-state index in [9.17, 15) is 14.4 Å². The van der Waals surface area contributed by atoms with Crippen molar-refractivity contribution in [3.8, 4) is 5.69 Å². The fraction of sp³-hybridized carbons (Fsp3) is 0.278. The van der Waals surface area contributed by atoms with E-state index in [0.717, 1.165) is 4.70 Å². The van der Waals surface area contributed by atoms with Gasteiger partial charge >= 0.3 is 11.9 Å². The zero-order valence-corrected chi connectivity index (χ0v) is 14.9. The molecule has 0 bridgehead atoms. The molecule has 2 aliphatic rings. The molecule has 0 saturated heterocycles. The number of hydrogen-bond donors (Lipinski definition) is 0. The van der Waals surface area contributed by atoms with Crippen molar-refractivity contribution in [3.05, 3.63) is 51.1 Å². The quantitative estimate of drug-likeness (QED) is 0.670. The smallest absolute Gasteiger partial charge is 0.340 e. The summed E-state index contributed by atoms with van der Waals surface area (Å²) in [4.78, 5) is 37.3. The molecule has 0 aromatic heterocycles. The molecule has 2 heterocycles. The number of aromatic nitrogens is 1. The first-order valence-corrected chi connectivity index (χ1v) is 8.63. The van der Waals surface area contributed by atoms with Crippen molar-refractivity contribution in [1.82, 2.24) is 4.57 Å². The maximum absolute atomic E-state index is 13.0. The van der Waals surface area contributed by atoms with Crippen molar-refractivity contribution in [3.63, 3.8) is 0 Å². The van der Waals surface area contributed by atoms with Crippen molar-refractivity contribution in [2.75, 3.05) is 7.11 Å². The number of nitrogens with zero attached hydrogens (tertiary/aromatic N) is 1. The van der Waals surface area contributed by atoms with E-state index in [4.69, 9.17) is 9.47 Å². The lowest BCUT2D eigenvalue weighted by molar-refractivity contribution is -0.146. The molecule has 0 fully saturated rings. The van der Waals surface area contributed by atoms with E-state index >= 15 is 0 Å². The first-order chi connectivity index (χ1) is 11.9. The average Bonchev–Trinajstić information content (AvgIpc) is 2.86. The molecule has 7 heteroatoms. The number of carbonyl (C=O) groups is 2. The van der Waals surface area contributed by atoms with Crippen molar-refractivity contribution < 1.29 is 19.1 Å². The van der Waals surface area contributed by atoms with E-state index in [-0.39, 0.29) is 23.7 Å². The first-order valence-electron chi connectivity index (χ1n) is 7.75. The molecule has 0 amide bonds. The molecule has 130 valence electrons. The molecular weight excluding hydrogens is 342 g/mol. The average molecular weight is 359 g/mol. The van der Waals surface area contributed by atoms with Gasteiger partial charge in [0.2, 0.25) is 0 Å². The van der Waals surface area contributed by atoms with Crippen LogP contribution in [0.1, 0.15) is 29.8 Å². The number of esters is 2. The van der Waals surface area contributed by atoms with Gasteiger partial charge in [0, 0.05) is 10.9 Å². The summed E-state index contributed by atoms with van der Waals surface area (Å²) >= 11 is 1.42. The number of carbonyl (C=O) groups excluding carboxylic acids is 2. The number of benzene rings is 1. The molecule has 1 aromatic rings. The Bertz CT molecular complexity index is 985. The largest absolute Gasteiger partial charge is 0.465 e. The van der Waals surface area contributed by atoms with Crippen molar-refractivity contribution in [2.45, 2.75) is 26.4 Å². The fourth-order valence-electron chi connectivity index (χ4n) is 2.77. The highest BCUT2D eigenvalue weighted by Crippen LogP contribution is 2.29. The lowest BCUT2D eigenvalue weighted by atomic mass is 10.1. The molecule has 2 aliphatic heterocycles. The highest BCUT2D eigenvalue weighted by Gasteiger charge is 2.29. The minimum absolute atomic E-state index is 0.0982. The summed E-state index contributed by atoms with van der Waals surface area (Å²) in [7, 11) is 1.25. The monoisotopic (exact) mass is 359 g/mol. The maximum atomic E-state index is 13.0. The van der Waals surface area contributed by atoms with Crippen LogP contribution in [-0.4, -0.2) is 29.7 Å². The molecule has 0 N–H and O–H groups in total. The summed E-state index contributed by atoms with van der Waals surface area (Å²) in [5.41, 5.74) is 0.938. The van der Waals surface area contributed by atoms with Crippen LogP contribution in [0.3, 0.4) is 0 Å². The summed E-state index contributed by atoms with van der Waals surface area (Å²) in [6.45, 7) is 3.45. The third-order valence-electron chi connectivity index (χ3n) is 3.74. The third kappa shape index (κ3) is 3.02. The van der Waals surface area contributed by atoms with Gasteiger partial charge in [-0.2, -0.15) is 0 Å². The second-order valence-electron chi connectivity index (χ2n) is 5.79. The predicted molar refractivity (Wildman–Crippen MR) is 94.9 cm³/mol. The van der Waals surface area contributed by atoms with Gasteiger partial charge in [-0.15, -0.1) is 11.3 Å². The Labute approximate surface area is 147 Å². The number of fused-ring (bicyclic) bond motifs is 3. The van der Waals surface area contributed by atoms with E-state index in [1.54, 1.807) is 25.3 Å². The number of ether oxygens (including phenoxy) is 2. The SMILES string of the molecule is COC(=O)c1c2csc3ccccc3n-2c(=O)c1CC(=O)OC(C)C. The van der Waals surface area contributed by atoms with Gasteiger partial charge in [-0.25, -0.2) is 4.79 Å². The Morgan fingerprint density at radius 1 is 1.24 bits per heavy atom. The van der Waals surface area contributed by atoms with Gasteiger partial charge in [-0.05, 0) is 26.0 Å².